The zero-order valence-electron chi connectivity index (χ0n) is 11.5. The van der Waals surface area contributed by atoms with Crippen LogP contribution in [0.3, 0.4) is 0 Å². The first-order valence-electron chi connectivity index (χ1n) is 6.17. The van der Waals surface area contributed by atoms with Gasteiger partial charge in [0.1, 0.15) is 11.3 Å². The van der Waals surface area contributed by atoms with Crippen LogP contribution in [0.1, 0.15) is 20.7 Å². The third kappa shape index (κ3) is 3.26. The molecule has 2 aromatic rings. The highest BCUT2D eigenvalue weighted by atomic mass is 16.6. The van der Waals surface area contributed by atoms with Gasteiger partial charge in [0.05, 0.1) is 17.6 Å². The van der Waals surface area contributed by atoms with Crippen molar-refractivity contribution < 1.29 is 24.0 Å². The van der Waals surface area contributed by atoms with Crippen molar-refractivity contribution >= 4 is 17.6 Å². The summed E-state index contributed by atoms with van der Waals surface area (Å²) >= 11 is 0. The van der Waals surface area contributed by atoms with Gasteiger partial charge in [-0.3, -0.25) is 10.1 Å². The predicted octanol–water partition coefficient (Wildman–Crippen LogP) is 2.60. The Hall–Kier alpha value is -3.22. The fourth-order valence-corrected chi connectivity index (χ4v) is 1.71. The number of para-hydroxylation sites is 1. The molecule has 0 radical (unpaired) electrons. The van der Waals surface area contributed by atoms with Gasteiger partial charge in [0.15, 0.2) is 0 Å². The fourth-order valence-electron chi connectivity index (χ4n) is 1.71. The first-order chi connectivity index (χ1) is 10.5. The average Bonchev–Trinajstić information content (AvgIpc) is 2.54. The van der Waals surface area contributed by atoms with Gasteiger partial charge in [-0.25, -0.2) is 9.59 Å². The number of methoxy groups -OCH3 is 1. The molecular weight excluding hydrogens is 290 g/mol. The quantitative estimate of drug-likeness (QED) is 0.373. The van der Waals surface area contributed by atoms with Gasteiger partial charge in [-0.15, -0.1) is 0 Å². The molecule has 112 valence electrons. The summed E-state index contributed by atoms with van der Waals surface area (Å²) in [6.45, 7) is 0. The Morgan fingerprint density at radius 3 is 2.23 bits per heavy atom. The van der Waals surface area contributed by atoms with Gasteiger partial charge in [-0.2, -0.15) is 0 Å². The summed E-state index contributed by atoms with van der Waals surface area (Å²) in [5, 5.41) is 10.6. The molecule has 22 heavy (non-hydrogen) atoms. The van der Waals surface area contributed by atoms with Gasteiger partial charge < -0.3 is 9.47 Å². The van der Waals surface area contributed by atoms with Gasteiger partial charge in [0.2, 0.25) is 0 Å². The highest BCUT2D eigenvalue weighted by Crippen LogP contribution is 2.21. The lowest BCUT2D eigenvalue weighted by Crippen LogP contribution is -2.12. The van der Waals surface area contributed by atoms with Crippen LogP contribution in [0.15, 0.2) is 48.5 Å². The van der Waals surface area contributed by atoms with E-state index >= 15 is 0 Å². The third-order valence-corrected chi connectivity index (χ3v) is 2.81. The van der Waals surface area contributed by atoms with Gasteiger partial charge >= 0.3 is 11.9 Å². The maximum atomic E-state index is 12.0. The highest BCUT2D eigenvalue weighted by molar-refractivity contribution is 5.96. The van der Waals surface area contributed by atoms with Crippen LogP contribution in [0, 0.1) is 10.1 Å². The maximum absolute atomic E-state index is 12.0. The highest BCUT2D eigenvalue weighted by Gasteiger charge is 2.17. The second kappa shape index (κ2) is 6.49. The SMILES string of the molecule is COC(=O)c1ccccc1OC(=O)c1ccc([N+](=O)[O-])cc1. The Kier molecular flexibility index (Phi) is 4.47. The number of benzene rings is 2. The molecule has 0 bridgehead atoms. The lowest BCUT2D eigenvalue weighted by atomic mass is 10.2. The van der Waals surface area contributed by atoms with Crippen LogP contribution in [0.25, 0.3) is 0 Å². The minimum atomic E-state index is -0.730. The molecule has 0 fully saturated rings. The van der Waals surface area contributed by atoms with E-state index in [1.165, 1.54) is 43.5 Å². The molecule has 0 aliphatic rings. The van der Waals surface area contributed by atoms with Crippen molar-refractivity contribution in [2.24, 2.45) is 0 Å². The molecule has 7 nitrogen and oxygen atoms in total. The number of nitro groups is 1. The summed E-state index contributed by atoms with van der Waals surface area (Å²) < 4.78 is 9.75. The van der Waals surface area contributed by atoms with Crippen molar-refractivity contribution in [3.05, 3.63) is 69.8 Å². The molecule has 0 spiro atoms. The zero-order valence-corrected chi connectivity index (χ0v) is 11.5. The number of rotatable bonds is 4. The summed E-state index contributed by atoms with van der Waals surface area (Å²) in [5.74, 6) is -1.31. The number of carbonyl (C=O) groups is 2. The molecule has 0 aromatic heterocycles. The van der Waals surface area contributed by atoms with Crippen molar-refractivity contribution in [2.45, 2.75) is 0 Å². The fraction of sp³-hybridized carbons (Fsp3) is 0.0667. The number of nitro benzene ring substituents is 1. The predicted molar refractivity (Wildman–Crippen MR) is 75.8 cm³/mol. The molecule has 7 heteroatoms. The summed E-state index contributed by atoms with van der Waals surface area (Å²) in [6, 6.07) is 11.1. The molecular formula is C15H11NO6. The summed E-state index contributed by atoms with van der Waals surface area (Å²) in [4.78, 5) is 33.6. The molecule has 2 rings (SSSR count). The Morgan fingerprint density at radius 2 is 1.64 bits per heavy atom. The third-order valence-electron chi connectivity index (χ3n) is 2.81. The molecule has 0 saturated carbocycles. The molecule has 0 heterocycles. The van der Waals surface area contributed by atoms with E-state index in [9.17, 15) is 19.7 Å². The molecule has 0 atom stereocenters. The normalized spacial score (nSPS) is 9.86. The second-order valence-corrected chi connectivity index (χ2v) is 4.18. The van der Waals surface area contributed by atoms with E-state index in [4.69, 9.17) is 4.74 Å². The number of non-ortho nitro benzene ring substituents is 1. The number of nitrogens with zero attached hydrogens (tertiary/aromatic N) is 1. The minimum Gasteiger partial charge on any atom is -0.465 e. The molecule has 0 amide bonds. The van der Waals surface area contributed by atoms with E-state index in [0.29, 0.717) is 0 Å². The van der Waals surface area contributed by atoms with Gasteiger partial charge in [-0.1, -0.05) is 12.1 Å². The zero-order chi connectivity index (χ0) is 16.1. The number of esters is 2. The van der Waals surface area contributed by atoms with Crippen LogP contribution < -0.4 is 4.74 Å². The van der Waals surface area contributed by atoms with E-state index in [-0.39, 0.29) is 22.6 Å². The average molecular weight is 301 g/mol. The minimum absolute atomic E-state index is 0.0534. The van der Waals surface area contributed by atoms with Crippen LogP contribution in [0.5, 0.6) is 5.75 Å². The Labute approximate surface area is 125 Å². The topological polar surface area (TPSA) is 95.7 Å². The lowest BCUT2D eigenvalue weighted by Gasteiger charge is -2.08. The molecule has 0 unspecified atom stereocenters. The Balaban J connectivity index is 2.22. The summed E-state index contributed by atoms with van der Waals surface area (Å²) in [7, 11) is 1.22. The monoisotopic (exact) mass is 301 g/mol. The molecule has 0 aliphatic carbocycles. The van der Waals surface area contributed by atoms with E-state index in [1.54, 1.807) is 12.1 Å². The van der Waals surface area contributed by atoms with Crippen molar-refractivity contribution in [3.8, 4) is 5.75 Å². The number of hydrogen-bond acceptors (Lipinski definition) is 6. The molecule has 0 aliphatic heterocycles. The molecule has 2 aromatic carbocycles. The number of hydrogen-bond donors (Lipinski definition) is 0. The second-order valence-electron chi connectivity index (χ2n) is 4.18. The van der Waals surface area contributed by atoms with E-state index in [0.717, 1.165) is 0 Å². The lowest BCUT2D eigenvalue weighted by molar-refractivity contribution is -0.384. The van der Waals surface area contributed by atoms with Crippen molar-refractivity contribution in [3.63, 3.8) is 0 Å². The van der Waals surface area contributed by atoms with Crippen LogP contribution in [0.4, 0.5) is 5.69 Å². The van der Waals surface area contributed by atoms with Crippen molar-refractivity contribution in [1.29, 1.82) is 0 Å². The van der Waals surface area contributed by atoms with Gasteiger partial charge in [0, 0.05) is 12.1 Å². The van der Waals surface area contributed by atoms with E-state index < -0.39 is 16.9 Å². The largest absolute Gasteiger partial charge is 0.465 e. The molecule has 0 saturated heterocycles. The van der Waals surface area contributed by atoms with Gasteiger partial charge in [-0.05, 0) is 24.3 Å². The van der Waals surface area contributed by atoms with Crippen LogP contribution in [-0.4, -0.2) is 24.0 Å². The van der Waals surface area contributed by atoms with E-state index in [2.05, 4.69) is 4.74 Å². The molecule has 0 N–H and O–H groups in total. The van der Waals surface area contributed by atoms with Gasteiger partial charge in [0.25, 0.3) is 5.69 Å². The maximum Gasteiger partial charge on any atom is 0.343 e. The van der Waals surface area contributed by atoms with Crippen molar-refractivity contribution in [1.82, 2.24) is 0 Å². The summed E-state index contributed by atoms with van der Waals surface area (Å²) in [5.41, 5.74) is 0.108. The first kappa shape index (κ1) is 15.2. The standard InChI is InChI=1S/C15H11NO6/c1-21-15(18)12-4-2-3-5-13(12)22-14(17)10-6-8-11(9-7-10)16(19)20/h2-9H,1H3. The Bertz CT molecular complexity index is 723. The first-order valence-corrected chi connectivity index (χ1v) is 6.17. The van der Waals surface area contributed by atoms with Crippen LogP contribution >= 0.6 is 0 Å². The Morgan fingerprint density at radius 1 is 1.00 bits per heavy atom. The summed E-state index contributed by atoms with van der Waals surface area (Å²) in [6.07, 6.45) is 0. The van der Waals surface area contributed by atoms with Crippen molar-refractivity contribution in [2.75, 3.05) is 7.11 Å². The van der Waals surface area contributed by atoms with Crippen LogP contribution in [0.2, 0.25) is 0 Å². The number of carbonyl (C=O) groups excluding carboxylic acids is 2. The van der Waals surface area contributed by atoms with E-state index in [1.807, 2.05) is 0 Å². The number of ether oxygens (including phenoxy) is 2. The smallest absolute Gasteiger partial charge is 0.343 e. The van der Waals surface area contributed by atoms with Crippen LogP contribution in [-0.2, 0) is 4.74 Å².